The van der Waals surface area contributed by atoms with Gasteiger partial charge in [0.15, 0.2) is 5.13 Å². The molecule has 27 heavy (non-hydrogen) atoms. The van der Waals surface area contributed by atoms with Crippen molar-refractivity contribution in [2.24, 2.45) is 5.92 Å². The average Bonchev–Trinajstić information content (AvgIpc) is 3.03. The Morgan fingerprint density at radius 2 is 2.04 bits per heavy atom. The van der Waals surface area contributed by atoms with Crippen molar-refractivity contribution in [2.75, 3.05) is 37.5 Å². The molecule has 1 N–H and O–H groups in total. The molecule has 3 aromatic rings. The van der Waals surface area contributed by atoms with Crippen molar-refractivity contribution in [3.05, 3.63) is 41.4 Å². The number of carbonyl (C=O) groups is 1. The lowest BCUT2D eigenvalue weighted by molar-refractivity contribution is -0.120. The summed E-state index contributed by atoms with van der Waals surface area (Å²) in [5, 5.41) is 4.30. The van der Waals surface area contributed by atoms with Gasteiger partial charge in [-0.25, -0.2) is 4.98 Å². The Hall–Kier alpha value is -2.51. The zero-order chi connectivity index (χ0) is 19.0. The van der Waals surface area contributed by atoms with E-state index >= 15 is 0 Å². The second-order valence-corrected chi connectivity index (χ2v) is 7.69. The summed E-state index contributed by atoms with van der Waals surface area (Å²) >= 11 is 7.72. The number of methoxy groups -OCH3 is 2. The topological polar surface area (TPSA) is 63.7 Å². The van der Waals surface area contributed by atoms with Crippen LogP contribution in [0.1, 0.15) is 0 Å². The summed E-state index contributed by atoms with van der Waals surface area (Å²) in [7, 11) is 3.20. The van der Waals surface area contributed by atoms with Gasteiger partial charge in [-0.15, -0.1) is 0 Å². The molecule has 1 aromatic heterocycles. The van der Waals surface area contributed by atoms with Crippen molar-refractivity contribution >= 4 is 49.9 Å². The van der Waals surface area contributed by atoms with Crippen LogP contribution in [0, 0.1) is 5.92 Å². The molecule has 2 aromatic carbocycles. The molecule has 1 aliphatic heterocycles. The maximum Gasteiger partial charge on any atom is 0.231 e. The van der Waals surface area contributed by atoms with Crippen LogP contribution in [0.15, 0.2) is 36.4 Å². The Labute approximate surface area is 165 Å². The minimum absolute atomic E-state index is 0.0183. The highest BCUT2D eigenvalue weighted by Crippen LogP contribution is 2.35. The molecule has 6 nitrogen and oxygen atoms in total. The number of nitrogens with zero attached hydrogens (tertiary/aromatic N) is 2. The van der Waals surface area contributed by atoms with Crippen molar-refractivity contribution in [3.63, 3.8) is 0 Å². The number of thiazole rings is 1. The van der Waals surface area contributed by atoms with Gasteiger partial charge in [0.25, 0.3) is 0 Å². The van der Waals surface area contributed by atoms with E-state index in [1.54, 1.807) is 43.8 Å². The molecular formula is C19H18ClN3O3S. The van der Waals surface area contributed by atoms with Crippen LogP contribution in [0.4, 0.5) is 10.8 Å². The van der Waals surface area contributed by atoms with E-state index in [0.29, 0.717) is 29.5 Å². The molecule has 4 rings (SSSR count). The van der Waals surface area contributed by atoms with Crippen molar-refractivity contribution in [2.45, 2.75) is 0 Å². The predicted molar refractivity (Wildman–Crippen MR) is 109 cm³/mol. The van der Waals surface area contributed by atoms with Crippen molar-refractivity contribution in [3.8, 4) is 11.5 Å². The normalized spacial score (nSPS) is 14.1. The number of hydrogen-bond donors (Lipinski definition) is 1. The molecule has 0 radical (unpaired) electrons. The quantitative estimate of drug-likeness (QED) is 0.696. The molecule has 0 unspecified atom stereocenters. The fraction of sp³-hybridized carbons (Fsp3) is 0.263. The second kappa shape index (κ2) is 7.25. The van der Waals surface area contributed by atoms with Gasteiger partial charge < -0.3 is 19.7 Å². The van der Waals surface area contributed by atoms with Gasteiger partial charge in [0.2, 0.25) is 5.91 Å². The van der Waals surface area contributed by atoms with Gasteiger partial charge in [-0.2, -0.15) is 0 Å². The lowest BCUT2D eigenvalue weighted by Crippen LogP contribution is -2.52. The Morgan fingerprint density at radius 3 is 2.74 bits per heavy atom. The number of carbonyl (C=O) groups excluding carboxylic acids is 1. The molecule has 1 aliphatic rings. The number of hydrogen-bond acceptors (Lipinski definition) is 6. The molecule has 0 bridgehead atoms. The van der Waals surface area contributed by atoms with Crippen molar-refractivity contribution in [1.82, 2.24) is 4.98 Å². The smallest absolute Gasteiger partial charge is 0.231 e. The number of aromatic nitrogens is 1. The lowest BCUT2D eigenvalue weighted by Gasteiger charge is -2.37. The van der Waals surface area contributed by atoms with Crippen LogP contribution in [0.5, 0.6) is 11.5 Å². The van der Waals surface area contributed by atoms with Crippen LogP contribution in [0.2, 0.25) is 5.02 Å². The Kier molecular flexibility index (Phi) is 4.80. The van der Waals surface area contributed by atoms with E-state index in [4.69, 9.17) is 21.1 Å². The largest absolute Gasteiger partial charge is 0.497 e. The van der Waals surface area contributed by atoms with Gasteiger partial charge in [0.1, 0.15) is 11.5 Å². The number of ether oxygens (including phenoxy) is 2. The van der Waals surface area contributed by atoms with E-state index in [2.05, 4.69) is 15.2 Å². The number of nitrogens with one attached hydrogen (secondary N) is 1. The molecule has 0 aliphatic carbocycles. The Bertz CT molecular complexity index is 1000. The summed E-state index contributed by atoms with van der Waals surface area (Å²) in [6.45, 7) is 1.29. The first kappa shape index (κ1) is 17.9. The van der Waals surface area contributed by atoms with Crippen LogP contribution in [-0.2, 0) is 4.79 Å². The van der Waals surface area contributed by atoms with Gasteiger partial charge in [-0.05, 0) is 30.3 Å². The van der Waals surface area contributed by atoms with E-state index in [1.165, 1.54) is 0 Å². The standard InChI is InChI=1S/C19H18ClN3O3S/c1-25-13-4-6-17-15(8-13)22-19(27-17)23-9-11(10-23)18(24)21-12-3-5-16(26-2)14(20)7-12/h3-8,11H,9-10H2,1-2H3,(H,21,24). The number of rotatable bonds is 5. The summed E-state index contributed by atoms with van der Waals surface area (Å²) in [5.74, 6) is 1.28. The Morgan fingerprint density at radius 1 is 1.22 bits per heavy atom. The van der Waals surface area contributed by atoms with E-state index in [0.717, 1.165) is 21.1 Å². The van der Waals surface area contributed by atoms with E-state index in [9.17, 15) is 4.79 Å². The van der Waals surface area contributed by atoms with Crippen molar-refractivity contribution < 1.29 is 14.3 Å². The summed E-state index contributed by atoms with van der Waals surface area (Å²) in [4.78, 5) is 19.2. The number of fused-ring (bicyclic) bond motifs is 1. The first-order valence-electron chi connectivity index (χ1n) is 8.41. The molecule has 1 amide bonds. The number of benzene rings is 2. The van der Waals surface area contributed by atoms with Crippen LogP contribution in [0.3, 0.4) is 0 Å². The van der Waals surface area contributed by atoms with Crippen molar-refractivity contribution in [1.29, 1.82) is 0 Å². The predicted octanol–water partition coefficient (Wildman–Crippen LogP) is 4.04. The van der Waals surface area contributed by atoms with Crippen LogP contribution < -0.4 is 19.7 Å². The highest BCUT2D eigenvalue weighted by Gasteiger charge is 2.34. The Balaban J connectivity index is 1.38. The molecule has 2 heterocycles. The van der Waals surface area contributed by atoms with E-state index in [1.807, 2.05) is 18.2 Å². The number of halogens is 1. The molecular weight excluding hydrogens is 386 g/mol. The van der Waals surface area contributed by atoms with Gasteiger partial charge in [-0.3, -0.25) is 4.79 Å². The highest BCUT2D eigenvalue weighted by molar-refractivity contribution is 7.22. The molecule has 0 spiro atoms. The summed E-state index contributed by atoms with van der Waals surface area (Å²) in [5.41, 5.74) is 1.58. The summed E-state index contributed by atoms with van der Waals surface area (Å²) in [6, 6.07) is 11.1. The zero-order valence-corrected chi connectivity index (χ0v) is 16.4. The highest BCUT2D eigenvalue weighted by atomic mass is 35.5. The third-order valence-corrected chi connectivity index (χ3v) is 5.92. The van der Waals surface area contributed by atoms with Gasteiger partial charge >= 0.3 is 0 Å². The first-order chi connectivity index (χ1) is 13.1. The van der Waals surface area contributed by atoms with Crippen LogP contribution >= 0.6 is 22.9 Å². The van der Waals surface area contributed by atoms with E-state index in [-0.39, 0.29) is 11.8 Å². The molecule has 1 fully saturated rings. The molecule has 1 saturated heterocycles. The molecule has 140 valence electrons. The third-order valence-electron chi connectivity index (χ3n) is 4.53. The second-order valence-electron chi connectivity index (χ2n) is 6.27. The molecule has 0 saturated carbocycles. The van der Waals surface area contributed by atoms with Gasteiger partial charge in [0, 0.05) is 24.8 Å². The fourth-order valence-corrected chi connectivity index (χ4v) is 4.17. The fourth-order valence-electron chi connectivity index (χ4n) is 2.95. The lowest BCUT2D eigenvalue weighted by atomic mass is 10.00. The maximum atomic E-state index is 12.4. The summed E-state index contributed by atoms with van der Waals surface area (Å²) < 4.78 is 11.5. The van der Waals surface area contributed by atoms with Crippen LogP contribution in [-0.4, -0.2) is 38.2 Å². The third kappa shape index (κ3) is 3.52. The van der Waals surface area contributed by atoms with Crippen LogP contribution in [0.25, 0.3) is 10.2 Å². The maximum absolute atomic E-state index is 12.4. The SMILES string of the molecule is COc1ccc2sc(N3CC(C(=O)Nc4ccc(OC)c(Cl)c4)C3)nc2c1. The minimum Gasteiger partial charge on any atom is -0.497 e. The minimum atomic E-state index is -0.0765. The monoisotopic (exact) mass is 403 g/mol. The number of amides is 1. The van der Waals surface area contributed by atoms with Gasteiger partial charge in [-0.1, -0.05) is 22.9 Å². The zero-order valence-electron chi connectivity index (χ0n) is 14.9. The first-order valence-corrected chi connectivity index (χ1v) is 9.61. The van der Waals surface area contributed by atoms with Gasteiger partial charge in [0.05, 0.1) is 35.4 Å². The molecule has 0 atom stereocenters. The molecule has 8 heteroatoms. The number of anilines is 2. The summed E-state index contributed by atoms with van der Waals surface area (Å²) in [6.07, 6.45) is 0. The van der Waals surface area contributed by atoms with E-state index < -0.39 is 0 Å². The average molecular weight is 404 g/mol.